The standard InChI is InChI=1S/C15H18N4O/c1-3-19-14(13(16)10(2)17-19)15(20)18-9-8-11-6-4-5-7-12(11)18/h4-7H,3,8-9,16H2,1-2H3. The van der Waals surface area contributed by atoms with Gasteiger partial charge in [-0.25, -0.2) is 0 Å². The molecule has 0 bridgehead atoms. The molecule has 2 heterocycles. The van der Waals surface area contributed by atoms with E-state index in [0.717, 1.165) is 12.1 Å². The van der Waals surface area contributed by atoms with Crippen molar-refractivity contribution in [1.29, 1.82) is 0 Å². The van der Waals surface area contributed by atoms with Crippen molar-refractivity contribution in [3.8, 4) is 0 Å². The number of anilines is 2. The number of nitrogen functional groups attached to an aromatic ring is 1. The third kappa shape index (κ3) is 1.78. The molecule has 0 saturated heterocycles. The molecule has 20 heavy (non-hydrogen) atoms. The van der Waals surface area contributed by atoms with Crippen LogP contribution in [0, 0.1) is 6.92 Å². The van der Waals surface area contributed by atoms with E-state index in [-0.39, 0.29) is 5.91 Å². The molecule has 104 valence electrons. The quantitative estimate of drug-likeness (QED) is 0.907. The van der Waals surface area contributed by atoms with Crippen LogP contribution >= 0.6 is 0 Å². The van der Waals surface area contributed by atoms with Gasteiger partial charge in [0.15, 0.2) is 0 Å². The number of para-hydroxylation sites is 1. The molecule has 0 spiro atoms. The van der Waals surface area contributed by atoms with Gasteiger partial charge in [0.25, 0.3) is 5.91 Å². The summed E-state index contributed by atoms with van der Waals surface area (Å²) < 4.78 is 1.69. The predicted octanol–water partition coefficient (Wildman–Crippen LogP) is 2.00. The normalized spacial score (nSPS) is 13.6. The maximum absolute atomic E-state index is 12.8. The lowest BCUT2D eigenvalue weighted by Crippen LogP contribution is -2.31. The van der Waals surface area contributed by atoms with E-state index < -0.39 is 0 Å². The van der Waals surface area contributed by atoms with E-state index in [1.807, 2.05) is 32.0 Å². The molecule has 2 aromatic rings. The molecule has 0 aliphatic carbocycles. The van der Waals surface area contributed by atoms with Crippen LogP contribution in [0.2, 0.25) is 0 Å². The number of nitrogens with two attached hydrogens (primary N) is 1. The number of benzene rings is 1. The highest BCUT2D eigenvalue weighted by Gasteiger charge is 2.29. The Morgan fingerprint density at radius 3 is 2.90 bits per heavy atom. The van der Waals surface area contributed by atoms with Crippen LogP contribution in [0.4, 0.5) is 11.4 Å². The summed E-state index contributed by atoms with van der Waals surface area (Å²) in [5.74, 6) is -0.0603. The van der Waals surface area contributed by atoms with Gasteiger partial charge in [0.2, 0.25) is 0 Å². The summed E-state index contributed by atoms with van der Waals surface area (Å²) in [5.41, 5.74) is 9.93. The van der Waals surface area contributed by atoms with Crippen LogP contribution in [0.5, 0.6) is 0 Å². The molecule has 5 heteroatoms. The first-order valence-corrected chi connectivity index (χ1v) is 6.86. The van der Waals surface area contributed by atoms with Gasteiger partial charge in [0, 0.05) is 18.8 Å². The molecule has 1 amide bonds. The first-order valence-electron chi connectivity index (χ1n) is 6.86. The van der Waals surface area contributed by atoms with Crippen molar-refractivity contribution in [3.05, 3.63) is 41.2 Å². The second-order valence-electron chi connectivity index (χ2n) is 5.00. The van der Waals surface area contributed by atoms with Crippen molar-refractivity contribution < 1.29 is 4.79 Å². The van der Waals surface area contributed by atoms with Crippen LogP contribution in [0.1, 0.15) is 28.7 Å². The van der Waals surface area contributed by atoms with E-state index in [4.69, 9.17) is 5.73 Å². The summed E-state index contributed by atoms with van der Waals surface area (Å²) in [6, 6.07) is 8.00. The minimum absolute atomic E-state index is 0.0603. The van der Waals surface area contributed by atoms with Gasteiger partial charge in [-0.15, -0.1) is 0 Å². The van der Waals surface area contributed by atoms with Crippen molar-refractivity contribution in [2.75, 3.05) is 17.2 Å². The molecule has 0 atom stereocenters. The first-order chi connectivity index (χ1) is 9.63. The Labute approximate surface area is 118 Å². The minimum atomic E-state index is -0.0603. The zero-order chi connectivity index (χ0) is 14.3. The molecular formula is C15H18N4O. The van der Waals surface area contributed by atoms with Crippen LogP contribution in [0.25, 0.3) is 0 Å². The molecule has 0 fully saturated rings. The summed E-state index contributed by atoms with van der Waals surface area (Å²) in [6.07, 6.45) is 0.890. The van der Waals surface area contributed by atoms with Crippen LogP contribution in [0.15, 0.2) is 24.3 Å². The summed E-state index contributed by atoms with van der Waals surface area (Å²) >= 11 is 0. The number of amides is 1. The average molecular weight is 270 g/mol. The molecule has 2 N–H and O–H groups in total. The number of rotatable bonds is 2. The molecule has 0 saturated carbocycles. The van der Waals surface area contributed by atoms with Gasteiger partial charge in [-0.3, -0.25) is 9.48 Å². The van der Waals surface area contributed by atoms with Crippen LogP contribution < -0.4 is 10.6 Å². The second kappa shape index (κ2) is 4.67. The summed E-state index contributed by atoms with van der Waals surface area (Å²) in [5, 5.41) is 4.32. The molecule has 5 nitrogen and oxygen atoms in total. The zero-order valence-corrected chi connectivity index (χ0v) is 11.8. The minimum Gasteiger partial charge on any atom is -0.395 e. The van der Waals surface area contributed by atoms with Gasteiger partial charge in [-0.05, 0) is 31.9 Å². The number of aromatic nitrogens is 2. The lowest BCUT2D eigenvalue weighted by molar-refractivity contribution is 0.0980. The highest BCUT2D eigenvalue weighted by Crippen LogP contribution is 2.30. The van der Waals surface area contributed by atoms with Crippen LogP contribution in [-0.4, -0.2) is 22.2 Å². The number of fused-ring (bicyclic) bond motifs is 1. The lowest BCUT2D eigenvalue weighted by Gasteiger charge is -2.18. The SMILES string of the molecule is CCn1nc(C)c(N)c1C(=O)N1CCc2ccccc21. The Balaban J connectivity index is 2.03. The predicted molar refractivity (Wildman–Crippen MR) is 78.9 cm³/mol. The molecule has 1 aromatic heterocycles. The first kappa shape index (κ1) is 12.7. The van der Waals surface area contributed by atoms with Gasteiger partial charge in [0.05, 0.1) is 11.4 Å². The number of carbonyl (C=O) groups is 1. The fraction of sp³-hybridized carbons (Fsp3) is 0.333. The monoisotopic (exact) mass is 270 g/mol. The van der Waals surface area contributed by atoms with E-state index in [2.05, 4.69) is 11.2 Å². The van der Waals surface area contributed by atoms with Gasteiger partial charge >= 0.3 is 0 Å². The van der Waals surface area contributed by atoms with Crippen molar-refractivity contribution in [1.82, 2.24) is 9.78 Å². The van der Waals surface area contributed by atoms with Crippen molar-refractivity contribution >= 4 is 17.3 Å². The number of aryl methyl sites for hydroxylation is 2. The van der Waals surface area contributed by atoms with Gasteiger partial charge in [-0.1, -0.05) is 18.2 Å². The van der Waals surface area contributed by atoms with Crippen molar-refractivity contribution in [2.24, 2.45) is 0 Å². The lowest BCUT2D eigenvalue weighted by atomic mass is 10.2. The summed E-state index contributed by atoms with van der Waals surface area (Å²) in [7, 11) is 0. The summed E-state index contributed by atoms with van der Waals surface area (Å²) in [4.78, 5) is 14.6. The van der Waals surface area contributed by atoms with Gasteiger partial charge in [0.1, 0.15) is 5.69 Å². The zero-order valence-electron chi connectivity index (χ0n) is 11.8. The number of hydrogen-bond acceptors (Lipinski definition) is 3. The van der Waals surface area contributed by atoms with Crippen LogP contribution in [-0.2, 0) is 13.0 Å². The summed E-state index contributed by atoms with van der Waals surface area (Å²) in [6.45, 7) is 5.12. The molecule has 3 rings (SSSR count). The van der Waals surface area contributed by atoms with E-state index in [1.165, 1.54) is 5.56 Å². The Bertz CT molecular complexity index is 675. The Morgan fingerprint density at radius 2 is 2.15 bits per heavy atom. The van der Waals surface area contributed by atoms with E-state index in [1.54, 1.807) is 9.58 Å². The number of nitrogens with zero attached hydrogens (tertiary/aromatic N) is 3. The number of hydrogen-bond donors (Lipinski definition) is 1. The Hall–Kier alpha value is -2.30. The fourth-order valence-corrected chi connectivity index (χ4v) is 2.73. The fourth-order valence-electron chi connectivity index (χ4n) is 2.73. The Morgan fingerprint density at radius 1 is 1.40 bits per heavy atom. The van der Waals surface area contributed by atoms with E-state index in [9.17, 15) is 4.79 Å². The van der Waals surface area contributed by atoms with Gasteiger partial charge in [-0.2, -0.15) is 5.10 Å². The van der Waals surface area contributed by atoms with Crippen LogP contribution in [0.3, 0.4) is 0 Å². The average Bonchev–Trinajstić information content (AvgIpc) is 3.00. The van der Waals surface area contributed by atoms with Gasteiger partial charge < -0.3 is 10.6 Å². The second-order valence-corrected chi connectivity index (χ2v) is 5.00. The maximum atomic E-state index is 12.8. The highest BCUT2D eigenvalue weighted by molar-refractivity contribution is 6.09. The van der Waals surface area contributed by atoms with Crippen molar-refractivity contribution in [2.45, 2.75) is 26.8 Å². The molecule has 0 unspecified atom stereocenters. The smallest absolute Gasteiger partial charge is 0.278 e. The third-order valence-electron chi connectivity index (χ3n) is 3.81. The molecule has 1 aliphatic heterocycles. The molecule has 1 aromatic carbocycles. The maximum Gasteiger partial charge on any atom is 0.278 e. The van der Waals surface area contributed by atoms with Crippen molar-refractivity contribution in [3.63, 3.8) is 0 Å². The van der Waals surface area contributed by atoms with E-state index in [0.29, 0.717) is 30.2 Å². The molecule has 0 radical (unpaired) electrons. The molecule has 1 aliphatic rings. The largest absolute Gasteiger partial charge is 0.395 e. The van der Waals surface area contributed by atoms with E-state index >= 15 is 0 Å². The number of carbonyl (C=O) groups excluding carboxylic acids is 1. The Kier molecular flexibility index (Phi) is 2.97. The highest BCUT2D eigenvalue weighted by atomic mass is 16.2. The third-order valence-corrected chi connectivity index (χ3v) is 3.81. The topological polar surface area (TPSA) is 64.2 Å². The molecular weight excluding hydrogens is 252 g/mol.